The Kier molecular flexibility index (Phi) is 4.59. The average molecular weight is 329 g/mol. The van der Waals surface area contributed by atoms with Crippen molar-refractivity contribution in [2.45, 2.75) is 38.2 Å². The summed E-state index contributed by atoms with van der Waals surface area (Å²) in [5.74, 6) is 0.913. The number of ether oxygens (including phenoxy) is 2. The van der Waals surface area contributed by atoms with Gasteiger partial charge in [0.2, 0.25) is 0 Å². The van der Waals surface area contributed by atoms with Gasteiger partial charge in [-0.05, 0) is 50.2 Å². The molecule has 4 rings (SSSR count). The minimum absolute atomic E-state index is 0.0180. The van der Waals surface area contributed by atoms with Gasteiger partial charge in [-0.15, -0.1) is 0 Å². The molecule has 1 saturated carbocycles. The van der Waals surface area contributed by atoms with E-state index in [9.17, 15) is 4.79 Å². The maximum Gasteiger partial charge on any atom is 0.253 e. The van der Waals surface area contributed by atoms with Gasteiger partial charge in [0.15, 0.2) is 0 Å². The largest absolute Gasteiger partial charge is 0.380 e. The van der Waals surface area contributed by atoms with Crippen molar-refractivity contribution < 1.29 is 14.3 Å². The molecule has 1 aromatic rings. The van der Waals surface area contributed by atoms with Gasteiger partial charge in [-0.25, -0.2) is 0 Å². The summed E-state index contributed by atoms with van der Waals surface area (Å²) in [5.41, 5.74) is 0.761. The number of carbonyl (C=O) groups is 1. The number of carbonyl (C=O) groups excluding carboxylic acids is 1. The van der Waals surface area contributed by atoms with E-state index in [1.165, 1.54) is 12.8 Å². The highest BCUT2D eigenvalue weighted by Gasteiger charge is 2.47. The van der Waals surface area contributed by atoms with E-state index in [1.54, 1.807) is 0 Å². The Morgan fingerprint density at radius 2 is 2.08 bits per heavy atom. The Bertz CT molecular complexity index is 572. The summed E-state index contributed by atoms with van der Waals surface area (Å²) in [7, 11) is 0. The molecule has 0 bridgehead atoms. The van der Waals surface area contributed by atoms with E-state index in [0.717, 1.165) is 63.7 Å². The van der Waals surface area contributed by atoms with E-state index in [0.29, 0.717) is 0 Å². The van der Waals surface area contributed by atoms with Crippen molar-refractivity contribution >= 4 is 5.91 Å². The van der Waals surface area contributed by atoms with Gasteiger partial charge < -0.3 is 14.4 Å². The zero-order valence-electron chi connectivity index (χ0n) is 14.3. The van der Waals surface area contributed by atoms with Crippen LogP contribution in [0.5, 0.6) is 0 Å². The van der Waals surface area contributed by atoms with E-state index < -0.39 is 0 Å². The fourth-order valence-corrected chi connectivity index (χ4v) is 4.15. The first kappa shape index (κ1) is 16.1. The molecule has 4 heteroatoms. The molecule has 0 aromatic heterocycles. The van der Waals surface area contributed by atoms with Crippen LogP contribution in [0.15, 0.2) is 30.3 Å². The summed E-state index contributed by atoms with van der Waals surface area (Å²) in [6.45, 7) is 3.99. The van der Waals surface area contributed by atoms with E-state index in [-0.39, 0.29) is 17.4 Å². The minimum Gasteiger partial charge on any atom is -0.380 e. The van der Waals surface area contributed by atoms with Gasteiger partial charge >= 0.3 is 0 Å². The molecule has 2 unspecified atom stereocenters. The van der Waals surface area contributed by atoms with Gasteiger partial charge in [-0.1, -0.05) is 18.2 Å². The second-order valence-electron chi connectivity index (χ2n) is 7.67. The van der Waals surface area contributed by atoms with E-state index in [4.69, 9.17) is 9.47 Å². The lowest BCUT2D eigenvalue weighted by molar-refractivity contribution is -0.147. The summed E-state index contributed by atoms with van der Waals surface area (Å²) in [4.78, 5) is 14.9. The molecule has 4 nitrogen and oxygen atoms in total. The van der Waals surface area contributed by atoms with Crippen LogP contribution in [0.2, 0.25) is 0 Å². The molecule has 3 aliphatic rings. The summed E-state index contributed by atoms with van der Waals surface area (Å²) in [6, 6.07) is 9.62. The molecule has 1 aliphatic carbocycles. The van der Waals surface area contributed by atoms with Crippen molar-refractivity contribution in [3.8, 4) is 0 Å². The van der Waals surface area contributed by atoms with Crippen LogP contribution in [0.4, 0.5) is 0 Å². The average Bonchev–Trinajstić information content (AvgIpc) is 3.45. The predicted molar refractivity (Wildman–Crippen MR) is 91.9 cm³/mol. The molecule has 2 atom stereocenters. The number of likely N-dealkylation sites (tertiary alicyclic amines) is 1. The molecular weight excluding hydrogens is 302 g/mol. The molecule has 2 aliphatic heterocycles. The molecule has 24 heavy (non-hydrogen) atoms. The SMILES string of the molecule is O=C(c1ccccc1)N1CCC2OCCCC2(COCC2CC2)C1. The number of amides is 1. The molecular formula is C20H27NO3. The number of fused-ring (bicyclic) bond motifs is 1. The van der Waals surface area contributed by atoms with Crippen molar-refractivity contribution in [1.29, 1.82) is 0 Å². The van der Waals surface area contributed by atoms with Crippen LogP contribution in [0.25, 0.3) is 0 Å². The van der Waals surface area contributed by atoms with Gasteiger partial charge in [0.1, 0.15) is 0 Å². The van der Waals surface area contributed by atoms with Gasteiger partial charge in [-0.2, -0.15) is 0 Å². The van der Waals surface area contributed by atoms with Crippen molar-refractivity contribution in [2.24, 2.45) is 11.3 Å². The molecule has 2 saturated heterocycles. The van der Waals surface area contributed by atoms with Crippen LogP contribution in [-0.2, 0) is 9.47 Å². The molecule has 3 fully saturated rings. The highest BCUT2D eigenvalue weighted by molar-refractivity contribution is 5.94. The Hall–Kier alpha value is -1.39. The van der Waals surface area contributed by atoms with Crippen molar-refractivity contribution in [3.05, 3.63) is 35.9 Å². The highest BCUT2D eigenvalue weighted by atomic mass is 16.5. The lowest BCUT2D eigenvalue weighted by Gasteiger charge is -2.50. The van der Waals surface area contributed by atoms with Crippen LogP contribution in [-0.4, -0.2) is 49.8 Å². The van der Waals surface area contributed by atoms with E-state index in [1.807, 2.05) is 35.2 Å². The number of nitrogens with zero attached hydrogens (tertiary/aromatic N) is 1. The fourth-order valence-electron chi connectivity index (χ4n) is 4.15. The van der Waals surface area contributed by atoms with Gasteiger partial charge in [0, 0.05) is 37.3 Å². The minimum atomic E-state index is -0.0180. The zero-order chi connectivity index (χ0) is 16.4. The lowest BCUT2D eigenvalue weighted by Crippen LogP contribution is -2.58. The van der Waals surface area contributed by atoms with Crippen molar-refractivity contribution in [1.82, 2.24) is 4.90 Å². The Labute approximate surface area is 144 Å². The fraction of sp³-hybridized carbons (Fsp3) is 0.650. The number of piperidine rings is 1. The van der Waals surface area contributed by atoms with Crippen LogP contribution in [0.3, 0.4) is 0 Å². The summed E-state index contributed by atoms with van der Waals surface area (Å²) in [6.07, 6.45) is 5.95. The quantitative estimate of drug-likeness (QED) is 0.833. The molecule has 130 valence electrons. The van der Waals surface area contributed by atoms with Crippen LogP contribution >= 0.6 is 0 Å². The number of rotatable bonds is 5. The highest BCUT2D eigenvalue weighted by Crippen LogP contribution is 2.41. The van der Waals surface area contributed by atoms with E-state index in [2.05, 4.69) is 0 Å². The number of hydrogen-bond acceptors (Lipinski definition) is 3. The summed E-state index contributed by atoms with van der Waals surface area (Å²) < 4.78 is 12.1. The van der Waals surface area contributed by atoms with Crippen molar-refractivity contribution in [3.63, 3.8) is 0 Å². The van der Waals surface area contributed by atoms with Crippen LogP contribution < -0.4 is 0 Å². The molecule has 0 radical (unpaired) electrons. The summed E-state index contributed by atoms with van der Waals surface area (Å²) in [5, 5.41) is 0. The van der Waals surface area contributed by atoms with Gasteiger partial charge in [0.05, 0.1) is 12.7 Å². The second kappa shape index (κ2) is 6.85. The molecule has 1 aromatic carbocycles. The number of hydrogen-bond donors (Lipinski definition) is 0. The molecule has 1 amide bonds. The lowest BCUT2D eigenvalue weighted by atomic mass is 9.73. The number of benzene rings is 1. The van der Waals surface area contributed by atoms with Crippen LogP contribution in [0.1, 0.15) is 42.5 Å². The first-order valence-electron chi connectivity index (χ1n) is 9.30. The third kappa shape index (κ3) is 3.35. The third-order valence-corrected chi connectivity index (χ3v) is 5.74. The normalized spacial score (nSPS) is 30.0. The zero-order valence-corrected chi connectivity index (χ0v) is 14.3. The molecule has 0 spiro atoms. The smallest absolute Gasteiger partial charge is 0.253 e. The molecule has 2 heterocycles. The maximum atomic E-state index is 12.9. The molecule has 0 N–H and O–H groups in total. The van der Waals surface area contributed by atoms with Crippen LogP contribution in [0, 0.1) is 11.3 Å². The Morgan fingerprint density at radius 3 is 2.88 bits per heavy atom. The first-order valence-corrected chi connectivity index (χ1v) is 9.30. The van der Waals surface area contributed by atoms with E-state index >= 15 is 0 Å². The summed E-state index contributed by atoms with van der Waals surface area (Å²) >= 11 is 0. The maximum absolute atomic E-state index is 12.9. The first-order chi connectivity index (χ1) is 11.8. The van der Waals surface area contributed by atoms with Gasteiger partial charge in [0.25, 0.3) is 5.91 Å². The Morgan fingerprint density at radius 1 is 1.25 bits per heavy atom. The Balaban J connectivity index is 1.46. The van der Waals surface area contributed by atoms with Gasteiger partial charge in [-0.3, -0.25) is 4.79 Å². The predicted octanol–water partition coefficient (Wildman–Crippen LogP) is 3.12. The topological polar surface area (TPSA) is 38.8 Å². The standard InChI is InChI=1S/C20H27NO3/c22-19(17-5-2-1-3-6-17)21-11-9-18-20(14-21,10-4-12-24-18)15-23-13-16-7-8-16/h1-3,5-6,16,18H,4,7-15H2. The third-order valence-electron chi connectivity index (χ3n) is 5.74. The second-order valence-corrected chi connectivity index (χ2v) is 7.67. The monoisotopic (exact) mass is 329 g/mol. The van der Waals surface area contributed by atoms with Crippen molar-refractivity contribution in [2.75, 3.05) is 32.9 Å².